The number of fused-ring (bicyclic) bond motifs is 2. The van der Waals surface area contributed by atoms with E-state index in [4.69, 9.17) is 4.74 Å². The van der Waals surface area contributed by atoms with Crippen LogP contribution in [0.3, 0.4) is 0 Å². The van der Waals surface area contributed by atoms with Gasteiger partial charge in [-0.25, -0.2) is 4.98 Å². The van der Waals surface area contributed by atoms with Gasteiger partial charge in [-0.1, -0.05) is 18.2 Å². The minimum atomic E-state index is -0.973. The van der Waals surface area contributed by atoms with E-state index < -0.39 is 12.0 Å². The highest BCUT2D eigenvalue weighted by Crippen LogP contribution is 2.25. The Labute approximate surface area is 186 Å². The smallest absolute Gasteiger partial charge is 0.305 e. The maximum atomic E-state index is 12.5. The number of amides is 1. The molecule has 2 aromatic heterocycles. The van der Waals surface area contributed by atoms with Crippen molar-refractivity contribution in [1.29, 1.82) is 0 Å². The molecule has 0 unspecified atom stereocenters. The largest absolute Gasteiger partial charge is 0.488 e. The average Bonchev–Trinajstić information content (AvgIpc) is 2.80. The summed E-state index contributed by atoms with van der Waals surface area (Å²) < 4.78 is 5.54. The SMILES string of the molecule is O=C(O)C[C@@H](NC(=O)CCCCc1ccc2c(n1)NCCO2)c1cnc2ccccc2c1. The molecule has 1 aromatic carbocycles. The number of ether oxygens (including phenoxy) is 1. The molecule has 166 valence electrons. The normalized spacial score (nSPS) is 13.5. The number of aromatic nitrogens is 2. The molecule has 3 heterocycles. The lowest BCUT2D eigenvalue weighted by molar-refractivity contribution is -0.137. The third-order valence-electron chi connectivity index (χ3n) is 5.38. The zero-order valence-corrected chi connectivity index (χ0v) is 17.7. The number of hydrogen-bond acceptors (Lipinski definition) is 6. The summed E-state index contributed by atoms with van der Waals surface area (Å²) in [6.45, 7) is 1.38. The third-order valence-corrected chi connectivity index (χ3v) is 5.38. The summed E-state index contributed by atoms with van der Waals surface area (Å²) in [6.07, 6.45) is 4.01. The Hall–Kier alpha value is -3.68. The highest BCUT2D eigenvalue weighted by molar-refractivity contribution is 5.80. The van der Waals surface area contributed by atoms with Crippen LogP contribution in [-0.2, 0) is 16.0 Å². The molecule has 3 N–H and O–H groups in total. The average molecular weight is 434 g/mol. The molecule has 1 aliphatic rings. The minimum Gasteiger partial charge on any atom is -0.488 e. The highest BCUT2D eigenvalue weighted by atomic mass is 16.5. The maximum absolute atomic E-state index is 12.5. The van der Waals surface area contributed by atoms with E-state index in [2.05, 4.69) is 20.6 Å². The van der Waals surface area contributed by atoms with Crippen molar-refractivity contribution in [2.75, 3.05) is 18.5 Å². The fraction of sp³-hybridized carbons (Fsp3) is 0.333. The number of carbonyl (C=O) groups is 2. The molecular weight excluding hydrogens is 408 g/mol. The van der Waals surface area contributed by atoms with Crippen LogP contribution in [0, 0.1) is 0 Å². The molecule has 1 atom stereocenters. The minimum absolute atomic E-state index is 0.169. The molecule has 0 saturated heterocycles. The van der Waals surface area contributed by atoms with Crippen molar-refractivity contribution in [3.8, 4) is 5.75 Å². The number of carbonyl (C=O) groups excluding carboxylic acids is 1. The predicted molar refractivity (Wildman–Crippen MR) is 121 cm³/mol. The summed E-state index contributed by atoms with van der Waals surface area (Å²) in [7, 11) is 0. The molecule has 0 bridgehead atoms. The monoisotopic (exact) mass is 434 g/mol. The van der Waals surface area contributed by atoms with E-state index in [-0.39, 0.29) is 12.3 Å². The number of rotatable bonds is 9. The Morgan fingerprint density at radius 1 is 1.19 bits per heavy atom. The number of nitrogens with one attached hydrogen (secondary N) is 2. The highest BCUT2D eigenvalue weighted by Gasteiger charge is 2.19. The molecule has 8 heteroatoms. The van der Waals surface area contributed by atoms with E-state index in [1.54, 1.807) is 6.20 Å². The second-order valence-electron chi connectivity index (χ2n) is 7.81. The molecule has 0 aliphatic carbocycles. The first-order chi connectivity index (χ1) is 15.6. The van der Waals surface area contributed by atoms with Gasteiger partial charge in [0, 0.05) is 23.7 Å². The van der Waals surface area contributed by atoms with Crippen LogP contribution in [0.1, 0.15) is 43.0 Å². The molecule has 1 amide bonds. The van der Waals surface area contributed by atoms with Crippen molar-refractivity contribution in [2.45, 2.75) is 38.1 Å². The van der Waals surface area contributed by atoms with Gasteiger partial charge in [0.05, 0.1) is 24.5 Å². The van der Waals surface area contributed by atoms with Gasteiger partial charge in [0.2, 0.25) is 5.91 Å². The lowest BCUT2D eigenvalue weighted by Gasteiger charge is -2.18. The fourth-order valence-electron chi connectivity index (χ4n) is 3.76. The fourth-order valence-corrected chi connectivity index (χ4v) is 3.76. The molecule has 1 aliphatic heterocycles. The Kier molecular flexibility index (Phi) is 6.79. The summed E-state index contributed by atoms with van der Waals surface area (Å²) in [5.74, 6) is 0.399. The molecular formula is C24H26N4O4. The van der Waals surface area contributed by atoms with Crippen molar-refractivity contribution in [1.82, 2.24) is 15.3 Å². The molecule has 0 saturated carbocycles. The number of aryl methyl sites for hydroxylation is 1. The summed E-state index contributed by atoms with van der Waals surface area (Å²) in [5, 5.41) is 16.3. The molecule has 0 spiro atoms. The quantitative estimate of drug-likeness (QED) is 0.442. The molecule has 0 radical (unpaired) electrons. The second kappa shape index (κ2) is 10.1. The van der Waals surface area contributed by atoms with Gasteiger partial charge in [0.25, 0.3) is 0 Å². The number of carboxylic acids is 1. The first-order valence-corrected chi connectivity index (χ1v) is 10.8. The lowest BCUT2D eigenvalue weighted by atomic mass is 10.0. The van der Waals surface area contributed by atoms with Crippen molar-refractivity contribution in [2.24, 2.45) is 0 Å². The number of benzene rings is 1. The number of nitrogens with zero attached hydrogens (tertiary/aromatic N) is 2. The van der Waals surface area contributed by atoms with Gasteiger partial charge in [-0.3, -0.25) is 14.6 Å². The van der Waals surface area contributed by atoms with Gasteiger partial charge in [0.15, 0.2) is 11.6 Å². The molecule has 0 fully saturated rings. The van der Waals surface area contributed by atoms with Crippen LogP contribution in [0.2, 0.25) is 0 Å². The Morgan fingerprint density at radius 2 is 2.06 bits per heavy atom. The van der Waals surface area contributed by atoms with Crippen LogP contribution in [0.4, 0.5) is 5.82 Å². The number of anilines is 1. The van der Waals surface area contributed by atoms with Crippen molar-refractivity contribution in [3.05, 3.63) is 59.9 Å². The topological polar surface area (TPSA) is 113 Å². The standard InChI is InChI=1S/C24H26N4O4/c29-22(8-4-2-6-18-9-10-21-24(27-18)25-11-12-32-21)28-20(14-23(30)31)17-13-16-5-1-3-7-19(16)26-15-17/h1,3,5,7,9-10,13,15,20H,2,4,6,8,11-12,14H2,(H,25,27)(H,28,29)(H,30,31)/t20-/m1/s1. The Balaban J connectivity index is 1.30. The van der Waals surface area contributed by atoms with E-state index in [9.17, 15) is 14.7 Å². The number of hydrogen-bond donors (Lipinski definition) is 3. The van der Waals surface area contributed by atoms with Gasteiger partial charge < -0.3 is 20.5 Å². The summed E-state index contributed by atoms with van der Waals surface area (Å²) in [4.78, 5) is 32.8. The van der Waals surface area contributed by atoms with Gasteiger partial charge in [-0.15, -0.1) is 0 Å². The maximum Gasteiger partial charge on any atom is 0.305 e. The Morgan fingerprint density at radius 3 is 2.94 bits per heavy atom. The van der Waals surface area contributed by atoms with E-state index >= 15 is 0 Å². The number of aliphatic carboxylic acids is 1. The van der Waals surface area contributed by atoms with Crippen LogP contribution in [0.5, 0.6) is 5.75 Å². The van der Waals surface area contributed by atoms with E-state index in [1.807, 2.05) is 42.5 Å². The molecule has 8 nitrogen and oxygen atoms in total. The van der Waals surface area contributed by atoms with Crippen LogP contribution in [0.25, 0.3) is 10.9 Å². The van der Waals surface area contributed by atoms with Crippen LogP contribution < -0.4 is 15.4 Å². The van der Waals surface area contributed by atoms with Crippen LogP contribution in [-0.4, -0.2) is 40.1 Å². The Bertz CT molecular complexity index is 1120. The number of carboxylic acid groups (broad SMARTS) is 1. The second-order valence-corrected chi connectivity index (χ2v) is 7.81. The summed E-state index contributed by atoms with van der Waals surface area (Å²) in [5.41, 5.74) is 2.47. The van der Waals surface area contributed by atoms with Crippen molar-refractivity contribution in [3.63, 3.8) is 0 Å². The van der Waals surface area contributed by atoms with Gasteiger partial charge in [-0.05, 0) is 49.1 Å². The van der Waals surface area contributed by atoms with Crippen LogP contribution >= 0.6 is 0 Å². The first-order valence-electron chi connectivity index (χ1n) is 10.8. The van der Waals surface area contributed by atoms with E-state index in [0.29, 0.717) is 25.0 Å². The molecule has 3 aromatic rings. The van der Waals surface area contributed by atoms with E-state index in [1.165, 1.54) is 0 Å². The van der Waals surface area contributed by atoms with Gasteiger partial charge >= 0.3 is 5.97 Å². The molecule has 32 heavy (non-hydrogen) atoms. The summed E-state index contributed by atoms with van der Waals surface area (Å²) >= 11 is 0. The van der Waals surface area contributed by atoms with Crippen molar-refractivity contribution < 1.29 is 19.4 Å². The first kappa shape index (κ1) is 21.5. The third kappa shape index (κ3) is 5.51. The zero-order chi connectivity index (χ0) is 22.3. The predicted octanol–water partition coefficient (Wildman–Crippen LogP) is 3.48. The molecule has 4 rings (SSSR count). The lowest BCUT2D eigenvalue weighted by Crippen LogP contribution is -2.30. The number of pyridine rings is 2. The number of unbranched alkanes of at least 4 members (excludes halogenated alkanes) is 1. The van der Waals surface area contributed by atoms with E-state index in [0.717, 1.165) is 47.6 Å². The van der Waals surface area contributed by atoms with Gasteiger partial charge in [0.1, 0.15) is 6.61 Å². The van der Waals surface area contributed by atoms with Crippen molar-refractivity contribution >= 4 is 28.6 Å². The zero-order valence-electron chi connectivity index (χ0n) is 17.7. The van der Waals surface area contributed by atoms with Crippen LogP contribution in [0.15, 0.2) is 48.7 Å². The van der Waals surface area contributed by atoms with Gasteiger partial charge in [-0.2, -0.15) is 0 Å². The summed E-state index contributed by atoms with van der Waals surface area (Å²) in [6, 6.07) is 12.7. The number of para-hydroxylation sites is 1.